The third kappa shape index (κ3) is 3.81. The molecule has 0 unspecified atom stereocenters. The van der Waals surface area contributed by atoms with E-state index in [2.05, 4.69) is 25.9 Å². The van der Waals surface area contributed by atoms with E-state index in [1.807, 2.05) is 58.0 Å². The monoisotopic (exact) mass is 436 g/mol. The zero-order valence-corrected chi connectivity index (χ0v) is 18.6. The van der Waals surface area contributed by atoms with Gasteiger partial charge in [0, 0.05) is 16.8 Å². The molecule has 0 aliphatic heterocycles. The Morgan fingerprint density at radius 1 is 1.07 bits per heavy atom. The topological polar surface area (TPSA) is 84.2 Å². The lowest BCUT2D eigenvalue weighted by molar-refractivity contribution is 0.0977. The predicted molar refractivity (Wildman–Crippen MR) is 123 cm³/mol. The fourth-order valence-corrected chi connectivity index (χ4v) is 4.21. The van der Waals surface area contributed by atoms with Crippen LogP contribution in [0.2, 0.25) is 0 Å². The number of aromatic nitrogens is 4. The molecule has 0 fully saturated rings. The summed E-state index contributed by atoms with van der Waals surface area (Å²) in [6.07, 6.45) is 0. The van der Waals surface area contributed by atoms with E-state index in [0.717, 1.165) is 43.7 Å². The Labute approximate surface area is 183 Å². The van der Waals surface area contributed by atoms with Gasteiger partial charge in [-0.3, -0.25) is 10.1 Å². The summed E-state index contributed by atoms with van der Waals surface area (Å²) in [5.74, 6) is 0.503. The van der Waals surface area contributed by atoms with Crippen molar-refractivity contribution in [2.45, 2.75) is 27.7 Å². The van der Waals surface area contributed by atoms with Gasteiger partial charge in [0.05, 0.1) is 0 Å². The van der Waals surface area contributed by atoms with Gasteiger partial charge in [0.2, 0.25) is 4.96 Å². The average Bonchev–Trinajstić information content (AvgIpc) is 3.27. The highest BCUT2D eigenvalue weighted by Crippen LogP contribution is 2.31. The summed E-state index contributed by atoms with van der Waals surface area (Å²) in [5, 5.41) is 19.7. The largest absolute Gasteiger partial charge is 0.332 e. The van der Waals surface area contributed by atoms with Crippen molar-refractivity contribution in [1.29, 1.82) is 0 Å². The Morgan fingerprint density at radius 2 is 1.87 bits per heavy atom. The van der Waals surface area contributed by atoms with Gasteiger partial charge in [0.1, 0.15) is 5.01 Å². The van der Waals surface area contributed by atoms with E-state index in [1.165, 1.54) is 11.3 Å². The number of carbonyl (C=O) groups is 1. The lowest BCUT2D eigenvalue weighted by Gasteiger charge is -2.14. The lowest BCUT2D eigenvalue weighted by Crippen LogP contribution is -2.34. The van der Waals surface area contributed by atoms with Crippen LogP contribution in [0.3, 0.4) is 0 Å². The lowest BCUT2D eigenvalue weighted by atomic mass is 10.1. The van der Waals surface area contributed by atoms with E-state index in [0.29, 0.717) is 5.56 Å². The van der Waals surface area contributed by atoms with Crippen molar-refractivity contribution < 1.29 is 4.79 Å². The first-order valence-electron chi connectivity index (χ1n) is 9.32. The number of nitrogens with one attached hydrogen (secondary N) is 2. The molecule has 9 heteroatoms. The fourth-order valence-electron chi connectivity index (χ4n) is 3.04. The molecule has 0 saturated carbocycles. The first kappa shape index (κ1) is 20.1. The van der Waals surface area contributed by atoms with Crippen molar-refractivity contribution in [3.8, 4) is 10.6 Å². The number of aryl methyl sites for hydroxylation is 3. The number of hydrogen-bond donors (Lipinski definition) is 2. The molecule has 2 aromatic carbocycles. The first-order chi connectivity index (χ1) is 14.3. The van der Waals surface area contributed by atoms with E-state index in [1.54, 1.807) is 10.6 Å². The molecule has 0 aliphatic rings. The molecule has 30 heavy (non-hydrogen) atoms. The second-order valence-corrected chi connectivity index (χ2v) is 8.40. The minimum absolute atomic E-state index is 0.242. The summed E-state index contributed by atoms with van der Waals surface area (Å²) in [5.41, 5.74) is 5.52. The number of anilines is 1. The Kier molecular flexibility index (Phi) is 5.31. The number of benzene rings is 2. The summed E-state index contributed by atoms with van der Waals surface area (Å²) >= 11 is 6.84. The Balaban J connectivity index is 1.53. The highest BCUT2D eigenvalue weighted by atomic mass is 32.1. The molecule has 0 atom stereocenters. The summed E-state index contributed by atoms with van der Waals surface area (Å²) in [4.78, 5) is 13.3. The number of hydrogen-bond acceptors (Lipinski definition) is 6. The molecule has 0 spiro atoms. The Morgan fingerprint density at radius 3 is 2.60 bits per heavy atom. The standard InChI is InChI=1S/C21H20N6OS2/c1-11-8-9-15(10-12(11)2)18(28)23-20(29)22-17-7-5-6-16(13(17)3)19-26-27-14(4)24-25-21(27)30-19/h5-10H,1-4H3,(H2,22,23,28,29). The zero-order valence-electron chi connectivity index (χ0n) is 17.0. The summed E-state index contributed by atoms with van der Waals surface area (Å²) in [6, 6.07) is 11.4. The van der Waals surface area contributed by atoms with Crippen molar-refractivity contribution in [3.63, 3.8) is 0 Å². The molecule has 2 aromatic heterocycles. The van der Waals surface area contributed by atoms with Crippen LogP contribution >= 0.6 is 23.6 Å². The van der Waals surface area contributed by atoms with Crippen LogP contribution in [-0.4, -0.2) is 30.8 Å². The fraction of sp³-hybridized carbons (Fsp3) is 0.190. The number of nitrogens with zero attached hydrogens (tertiary/aromatic N) is 4. The van der Waals surface area contributed by atoms with E-state index in [-0.39, 0.29) is 11.0 Å². The van der Waals surface area contributed by atoms with Crippen molar-refractivity contribution in [3.05, 3.63) is 64.5 Å². The normalized spacial score (nSPS) is 10.9. The predicted octanol–water partition coefficient (Wildman–Crippen LogP) is 4.21. The SMILES string of the molecule is Cc1ccc(C(=O)NC(=S)Nc2cccc(-c3nn4c(C)nnc4s3)c2C)cc1C. The summed E-state index contributed by atoms with van der Waals surface area (Å²) in [7, 11) is 0. The molecule has 1 amide bonds. The van der Waals surface area contributed by atoms with E-state index >= 15 is 0 Å². The smallest absolute Gasteiger partial charge is 0.257 e. The highest BCUT2D eigenvalue weighted by Gasteiger charge is 2.15. The minimum atomic E-state index is -0.242. The van der Waals surface area contributed by atoms with Crippen LogP contribution in [0.4, 0.5) is 5.69 Å². The van der Waals surface area contributed by atoms with Gasteiger partial charge in [-0.1, -0.05) is 29.5 Å². The maximum Gasteiger partial charge on any atom is 0.257 e. The van der Waals surface area contributed by atoms with Crippen molar-refractivity contribution in [2.75, 3.05) is 5.32 Å². The number of carbonyl (C=O) groups excluding carboxylic acids is 1. The third-order valence-corrected chi connectivity index (χ3v) is 6.09. The van der Waals surface area contributed by atoms with Gasteiger partial charge in [0.25, 0.3) is 5.91 Å². The maximum absolute atomic E-state index is 12.5. The molecule has 4 rings (SSSR count). The molecule has 0 saturated heterocycles. The quantitative estimate of drug-likeness (QED) is 0.468. The van der Waals surface area contributed by atoms with Crippen LogP contribution in [-0.2, 0) is 0 Å². The van der Waals surface area contributed by atoms with Crippen LogP contribution in [0.5, 0.6) is 0 Å². The molecule has 0 bridgehead atoms. The summed E-state index contributed by atoms with van der Waals surface area (Å²) in [6.45, 7) is 7.84. The minimum Gasteiger partial charge on any atom is -0.332 e. The molecule has 4 aromatic rings. The Hall–Kier alpha value is -3.17. The Bertz CT molecular complexity index is 1290. The highest BCUT2D eigenvalue weighted by molar-refractivity contribution is 7.80. The molecular formula is C21H20N6OS2. The van der Waals surface area contributed by atoms with Crippen LogP contribution < -0.4 is 10.6 Å². The second-order valence-electron chi connectivity index (χ2n) is 7.03. The third-order valence-electron chi connectivity index (χ3n) is 4.96. The van der Waals surface area contributed by atoms with E-state index in [9.17, 15) is 4.79 Å². The number of amides is 1. The van der Waals surface area contributed by atoms with Gasteiger partial charge < -0.3 is 5.32 Å². The van der Waals surface area contributed by atoms with Gasteiger partial charge in [-0.25, -0.2) is 0 Å². The van der Waals surface area contributed by atoms with Gasteiger partial charge in [0.15, 0.2) is 10.9 Å². The van der Waals surface area contributed by atoms with Gasteiger partial charge in [-0.2, -0.15) is 9.61 Å². The molecule has 7 nitrogen and oxygen atoms in total. The first-order valence-corrected chi connectivity index (χ1v) is 10.5. The number of thiocarbonyl (C=S) groups is 1. The van der Waals surface area contributed by atoms with Crippen molar-refractivity contribution >= 4 is 45.2 Å². The zero-order chi connectivity index (χ0) is 21.4. The van der Waals surface area contributed by atoms with Crippen LogP contribution in [0.25, 0.3) is 15.5 Å². The van der Waals surface area contributed by atoms with Gasteiger partial charge >= 0.3 is 0 Å². The molecular weight excluding hydrogens is 416 g/mol. The van der Waals surface area contributed by atoms with Crippen LogP contribution in [0.15, 0.2) is 36.4 Å². The van der Waals surface area contributed by atoms with Crippen LogP contribution in [0.1, 0.15) is 32.9 Å². The molecule has 0 radical (unpaired) electrons. The van der Waals surface area contributed by atoms with E-state index < -0.39 is 0 Å². The number of fused-ring (bicyclic) bond motifs is 1. The van der Waals surface area contributed by atoms with Gasteiger partial charge in [-0.15, -0.1) is 10.2 Å². The molecule has 0 aliphatic carbocycles. The second kappa shape index (κ2) is 7.92. The van der Waals surface area contributed by atoms with Crippen molar-refractivity contribution in [1.82, 2.24) is 25.1 Å². The van der Waals surface area contributed by atoms with Crippen LogP contribution in [0, 0.1) is 27.7 Å². The maximum atomic E-state index is 12.5. The molecule has 152 valence electrons. The number of rotatable bonds is 3. The van der Waals surface area contributed by atoms with E-state index in [4.69, 9.17) is 12.2 Å². The molecule has 2 N–H and O–H groups in total. The van der Waals surface area contributed by atoms with Gasteiger partial charge in [-0.05, 0) is 74.8 Å². The van der Waals surface area contributed by atoms with Crippen molar-refractivity contribution in [2.24, 2.45) is 0 Å². The summed E-state index contributed by atoms with van der Waals surface area (Å²) < 4.78 is 1.73. The molecule has 2 heterocycles. The average molecular weight is 437 g/mol.